The molecule has 6 nitrogen and oxygen atoms in total. The highest BCUT2D eigenvalue weighted by atomic mass is 16.5. The van der Waals surface area contributed by atoms with Crippen molar-refractivity contribution in [3.63, 3.8) is 0 Å². The van der Waals surface area contributed by atoms with Gasteiger partial charge in [0.25, 0.3) is 0 Å². The van der Waals surface area contributed by atoms with E-state index in [0.29, 0.717) is 18.5 Å². The first-order chi connectivity index (χ1) is 11.3. The van der Waals surface area contributed by atoms with Gasteiger partial charge < -0.3 is 20.3 Å². The molecule has 0 aromatic carbocycles. The molecular formula is C18H34N4O2. The highest BCUT2D eigenvalue weighted by molar-refractivity contribution is 5.85. The van der Waals surface area contributed by atoms with Crippen LogP contribution in [-0.4, -0.2) is 63.2 Å². The molecule has 0 saturated heterocycles. The Morgan fingerprint density at radius 3 is 2.46 bits per heavy atom. The maximum Gasteiger partial charge on any atom is 0.243 e. The summed E-state index contributed by atoms with van der Waals surface area (Å²) in [5.74, 6) is 0.645. The summed E-state index contributed by atoms with van der Waals surface area (Å²) in [4.78, 5) is 17.8. The van der Waals surface area contributed by atoms with E-state index in [1.54, 1.807) is 26.1 Å². The Kier molecular flexibility index (Phi) is 7.73. The first kappa shape index (κ1) is 20.5. The van der Waals surface area contributed by atoms with Gasteiger partial charge in [-0.3, -0.25) is 4.79 Å². The smallest absolute Gasteiger partial charge is 0.243 e. The predicted octanol–water partition coefficient (Wildman–Crippen LogP) is 1.78. The maximum absolute atomic E-state index is 11.8. The first-order valence-corrected chi connectivity index (χ1v) is 8.72. The third-order valence-corrected chi connectivity index (χ3v) is 5.13. The third kappa shape index (κ3) is 4.72. The Balaban J connectivity index is 2.82. The van der Waals surface area contributed by atoms with Gasteiger partial charge in [-0.05, 0) is 26.2 Å². The zero-order chi connectivity index (χ0) is 18.3. The van der Waals surface area contributed by atoms with Gasteiger partial charge in [0.2, 0.25) is 5.91 Å². The van der Waals surface area contributed by atoms with Crippen LogP contribution in [0.2, 0.25) is 0 Å². The molecule has 2 unspecified atom stereocenters. The number of guanidine groups is 1. The summed E-state index contributed by atoms with van der Waals surface area (Å²) in [6, 6.07) is 0.295. The van der Waals surface area contributed by atoms with Gasteiger partial charge in [0.1, 0.15) is 6.54 Å². The number of carbonyl (C=O) groups excluding carboxylic acids is 1. The van der Waals surface area contributed by atoms with Gasteiger partial charge in [-0.1, -0.05) is 26.0 Å². The number of amides is 1. The lowest BCUT2D eigenvalue weighted by molar-refractivity contribution is -0.127. The molecule has 2 atom stereocenters. The van der Waals surface area contributed by atoms with Gasteiger partial charge in [0.15, 0.2) is 5.96 Å². The van der Waals surface area contributed by atoms with Crippen LogP contribution in [0.3, 0.4) is 0 Å². The van der Waals surface area contributed by atoms with E-state index in [4.69, 9.17) is 4.74 Å². The molecular weight excluding hydrogens is 304 g/mol. The number of hydrogen-bond donors (Lipinski definition) is 2. The molecule has 0 radical (unpaired) electrons. The minimum atomic E-state index is -0.0213. The highest BCUT2D eigenvalue weighted by Crippen LogP contribution is 2.48. The van der Waals surface area contributed by atoms with Crippen LogP contribution in [0.4, 0.5) is 0 Å². The van der Waals surface area contributed by atoms with Crippen LogP contribution in [0.1, 0.15) is 40.0 Å². The fraction of sp³-hybridized carbons (Fsp3) is 0.778. The number of aliphatic imine (C=N–C) groups is 1. The summed E-state index contributed by atoms with van der Waals surface area (Å²) < 4.78 is 5.65. The van der Waals surface area contributed by atoms with Crippen LogP contribution < -0.4 is 10.6 Å². The lowest BCUT2D eigenvalue weighted by Crippen LogP contribution is -2.65. The van der Waals surface area contributed by atoms with Crippen molar-refractivity contribution >= 4 is 11.9 Å². The first-order valence-electron chi connectivity index (χ1n) is 8.72. The van der Waals surface area contributed by atoms with Crippen molar-refractivity contribution in [1.82, 2.24) is 15.5 Å². The summed E-state index contributed by atoms with van der Waals surface area (Å²) in [5.41, 5.74) is 1.13. The largest absolute Gasteiger partial charge is 0.381 e. The SMILES string of the molecule is C=C(C)CNC(=NCC(=O)N(C)C)NC1CC(OC)C1(CC)CC. The minimum Gasteiger partial charge on any atom is -0.381 e. The number of nitrogens with one attached hydrogen (secondary N) is 2. The fourth-order valence-electron chi connectivity index (χ4n) is 3.32. The number of methoxy groups -OCH3 is 1. The zero-order valence-corrected chi connectivity index (χ0v) is 16.1. The molecule has 0 bridgehead atoms. The Hall–Kier alpha value is -1.56. The standard InChI is InChI=1S/C18H34N4O2/c1-8-18(9-2)14(10-15(18)24-7)21-17(19-11-13(3)4)20-12-16(23)22(5)6/h14-15H,3,8-12H2,1-2,4-7H3,(H2,19,20,21). The normalized spacial score (nSPS) is 22.5. The summed E-state index contributed by atoms with van der Waals surface area (Å²) in [7, 11) is 5.26. The molecule has 2 N–H and O–H groups in total. The summed E-state index contributed by atoms with van der Waals surface area (Å²) >= 11 is 0. The molecule has 0 aromatic heterocycles. The van der Waals surface area contributed by atoms with Crippen molar-refractivity contribution in [3.05, 3.63) is 12.2 Å². The second-order valence-corrected chi connectivity index (χ2v) is 6.86. The van der Waals surface area contributed by atoms with Gasteiger partial charge in [-0.25, -0.2) is 4.99 Å². The Labute approximate surface area is 146 Å². The Morgan fingerprint density at radius 1 is 1.38 bits per heavy atom. The number of carbonyl (C=O) groups is 1. The Morgan fingerprint density at radius 2 is 2.00 bits per heavy atom. The number of likely N-dealkylation sites (N-methyl/N-ethyl adjacent to an activating group) is 1. The van der Waals surface area contributed by atoms with E-state index < -0.39 is 0 Å². The van der Waals surface area contributed by atoms with Crippen molar-refractivity contribution < 1.29 is 9.53 Å². The number of nitrogens with zero attached hydrogens (tertiary/aromatic N) is 2. The molecule has 0 spiro atoms. The van der Waals surface area contributed by atoms with Gasteiger partial charge in [0.05, 0.1) is 6.10 Å². The maximum atomic E-state index is 11.8. The quantitative estimate of drug-likeness (QED) is 0.402. The molecule has 1 rings (SSSR count). The second-order valence-electron chi connectivity index (χ2n) is 6.86. The van der Waals surface area contributed by atoms with E-state index in [1.807, 2.05) is 6.92 Å². The molecule has 24 heavy (non-hydrogen) atoms. The number of rotatable bonds is 8. The van der Waals surface area contributed by atoms with Crippen molar-refractivity contribution in [2.24, 2.45) is 10.4 Å². The molecule has 1 saturated carbocycles. The second kappa shape index (κ2) is 9.06. The van der Waals surface area contributed by atoms with Crippen LogP contribution in [0.5, 0.6) is 0 Å². The summed E-state index contributed by atoms with van der Waals surface area (Å²) in [6.07, 6.45) is 3.32. The van der Waals surface area contributed by atoms with Gasteiger partial charge in [0, 0.05) is 39.2 Å². The van der Waals surface area contributed by atoms with Gasteiger partial charge >= 0.3 is 0 Å². The predicted molar refractivity (Wildman–Crippen MR) is 99.2 cm³/mol. The van der Waals surface area contributed by atoms with Crippen LogP contribution in [0, 0.1) is 5.41 Å². The van der Waals surface area contributed by atoms with E-state index in [9.17, 15) is 4.79 Å². The topological polar surface area (TPSA) is 66.0 Å². The monoisotopic (exact) mass is 338 g/mol. The van der Waals surface area contributed by atoms with Crippen LogP contribution in [-0.2, 0) is 9.53 Å². The van der Waals surface area contributed by atoms with E-state index in [0.717, 1.165) is 24.8 Å². The van der Waals surface area contributed by atoms with Crippen molar-refractivity contribution in [2.45, 2.75) is 52.2 Å². The van der Waals surface area contributed by atoms with Crippen molar-refractivity contribution in [3.8, 4) is 0 Å². The summed E-state index contributed by atoms with van der Waals surface area (Å²) in [6.45, 7) is 11.0. The van der Waals surface area contributed by atoms with Crippen LogP contribution >= 0.6 is 0 Å². The molecule has 1 aliphatic rings. The molecule has 0 aromatic rings. The molecule has 1 amide bonds. The average Bonchev–Trinajstić information content (AvgIpc) is 2.53. The van der Waals surface area contributed by atoms with E-state index in [-0.39, 0.29) is 24.0 Å². The molecule has 6 heteroatoms. The van der Waals surface area contributed by atoms with Crippen molar-refractivity contribution in [1.29, 1.82) is 0 Å². The molecule has 0 heterocycles. The third-order valence-electron chi connectivity index (χ3n) is 5.13. The van der Waals surface area contributed by atoms with E-state index >= 15 is 0 Å². The molecule has 0 aliphatic heterocycles. The van der Waals surface area contributed by atoms with Gasteiger partial charge in [-0.15, -0.1) is 0 Å². The fourth-order valence-corrected chi connectivity index (χ4v) is 3.32. The average molecular weight is 338 g/mol. The lowest BCUT2D eigenvalue weighted by atomic mass is 9.58. The number of ether oxygens (including phenoxy) is 1. The molecule has 1 aliphatic carbocycles. The molecule has 1 fully saturated rings. The zero-order valence-electron chi connectivity index (χ0n) is 16.1. The summed E-state index contributed by atoms with van der Waals surface area (Å²) in [5, 5.41) is 6.77. The lowest BCUT2D eigenvalue weighted by Gasteiger charge is -2.55. The highest BCUT2D eigenvalue weighted by Gasteiger charge is 2.53. The van der Waals surface area contributed by atoms with E-state index in [2.05, 4.69) is 36.1 Å². The van der Waals surface area contributed by atoms with Crippen LogP contribution in [0.15, 0.2) is 17.1 Å². The Bertz CT molecular complexity index is 470. The molecule has 138 valence electrons. The van der Waals surface area contributed by atoms with E-state index in [1.165, 1.54) is 0 Å². The minimum absolute atomic E-state index is 0.0213. The van der Waals surface area contributed by atoms with Gasteiger partial charge in [-0.2, -0.15) is 0 Å². The number of hydrogen-bond acceptors (Lipinski definition) is 3. The van der Waals surface area contributed by atoms with Crippen molar-refractivity contribution in [2.75, 3.05) is 34.3 Å². The van der Waals surface area contributed by atoms with Crippen LogP contribution in [0.25, 0.3) is 0 Å².